The summed E-state index contributed by atoms with van der Waals surface area (Å²) in [5, 5.41) is 11.9. The Morgan fingerprint density at radius 1 is 1.30 bits per heavy atom. The molecule has 0 aliphatic rings. The molecule has 1 aromatic heterocycles. The summed E-state index contributed by atoms with van der Waals surface area (Å²) in [5.41, 5.74) is 5.98. The Bertz CT molecular complexity index is 1030. The number of amides is 1. The molecule has 2 rings (SSSR count). The van der Waals surface area contributed by atoms with Crippen molar-refractivity contribution < 1.29 is 18.9 Å². The molecule has 2 aromatic rings. The Kier molecular flexibility index (Phi) is 8.30. The van der Waals surface area contributed by atoms with Crippen LogP contribution in [0.4, 0.5) is 22.1 Å². The minimum Gasteiger partial charge on any atom is -0.543 e. The van der Waals surface area contributed by atoms with E-state index in [0.29, 0.717) is 11.3 Å². The molecule has 0 radical (unpaired) electrons. The molecule has 0 bridgehead atoms. The lowest BCUT2D eigenvalue weighted by molar-refractivity contribution is -0.383. The minimum atomic E-state index is -2.09. The van der Waals surface area contributed by atoms with Gasteiger partial charge in [-0.25, -0.2) is 4.79 Å². The number of thioether (sulfide) groups is 1. The number of aromatic nitrogens is 2. The van der Waals surface area contributed by atoms with Gasteiger partial charge < -0.3 is 14.9 Å². The Morgan fingerprint density at radius 2 is 1.97 bits per heavy atom. The van der Waals surface area contributed by atoms with Crippen molar-refractivity contribution in [1.82, 2.24) is 9.97 Å². The van der Waals surface area contributed by atoms with E-state index in [2.05, 4.69) is 43.8 Å². The largest absolute Gasteiger partial charge is 0.543 e. The molecule has 10 nitrogen and oxygen atoms in total. The number of nitrogen functional groups attached to an aromatic ring is 1. The molecule has 0 atom stereocenters. The van der Waals surface area contributed by atoms with Gasteiger partial charge in [0.05, 0.1) is 18.1 Å². The van der Waals surface area contributed by atoms with Gasteiger partial charge >= 0.3 is 11.8 Å². The number of benzene rings is 1. The van der Waals surface area contributed by atoms with E-state index < -0.39 is 25.0 Å². The van der Waals surface area contributed by atoms with Crippen LogP contribution < -0.4 is 15.1 Å². The van der Waals surface area contributed by atoms with Gasteiger partial charge in [0, 0.05) is 0 Å². The van der Waals surface area contributed by atoms with Crippen molar-refractivity contribution in [2.24, 2.45) is 0 Å². The fraction of sp³-hybridized carbons (Fsp3) is 0.476. The molecule has 0 saturated heterocycles. The third kappa shape index (κ3) is 6.35. The summed E-state index contributed by atoms with van der Waals surface area (Å²) in [5.74, 6) is 0.133. The molecule has 0 fully saturated rings. The first kappa shape index (κ1) is 26.4. The van der Waals surface area contributed by atoms with E-state index in [0.717, 1.165) is 16.7 Å². The Balaban J connectivity index is 2.52. The van der Waals surface area contributed by atoms with E-state index in [-0.39, 0.29) is 35.0 Å². The molecule has 0 unspecified atom stereocenters. The molecular weight excluding hydrogens is 462 g/mol. The second kappa shape index (κ2) is 10.4. The standard InChI is InChI=1S/C21H31N5O5SSi/c1-8-30-20(27)25(18-16(26(28)29)17(22)23-19(24-18)32-5)13-14-10-9-11-15(12-14)31-33(6,7)21(2,3)4/h9-12H,8,13H2,1-7H3,(H2,22,23,24). The molecule has 0 spiro atoms. The normalized spacial score (nSPS) is 11.7. The SMILES string of the molecule is CCOC(=O)N(Cc1cccc(O[Si](C)(C)C(C)(C)C)c1)c1nc(SC)nc(N)c1[N+](=O)[O-]. The van der Waals surface area contributed by atoms with E-state index in [1.165, 1.54) is 0 Å². The summed E-state index contributed by atoms with van der Waals surface area (Å²) in [6.07, 6.45) is 0.933. The number of nitro groups is 1. The van der Waals surface area contributed by atoms with Crippen molar-refractivity contribution in [2.75, 3.05) is 23.5 Å². The summed E-state index contributed by atoms with van der Waals surface area (Å²) >= 11 is 1.16. The molecule has 33 heavy (non-hydrogen) atoms. The summed E-state index contributed by atoms with van der Waals surface area (Å²) in [6, 6.07) is 7.29. The van der Waals surface area contributed by atoms with E-state index in [1.54, 1.807) is 19.2 Å². The summed E-state index contributed by atoms with van der Waals surface area (Å²) in [6.45, 7) is 12.4. The van der Waals surface area contributed by atoms with E-state index in [9.17, 15) is 14.9 Å². The molecular formula is C21H31N5O5SSi. The predicted molar refractivity (Wildman–Crippen MR) is 132 cm³/mol. The predicted octanol–water partition coefficient (Wildman–Crippen LogP) is 5.24. The topological polar surface area (TPSA) is 134 Å². The molecule has 1 heterocycles. The number of anilines is 2. The van der Waals surface area contributed by atoms with Gasteiger partial charge in [-0.2, -0.15) is 9.97 Å². The number of ether oxygens (including phenoxy) is 1. The average molecular weight is 494 g/mol. The molecule has 0 saturated carbocycles. The van der Waals surface area contributed by atoms with Crippen LogP contribution >= 0.6 is 11.8 Å². The smallest absolute Gasteiger partial charge is 0.415 e. The van der Waals surface area contributed by atoms with Crippen LogP contribution in [0, 0.1) is 10.1 Å². The molecule has 0 aliphatic heterocycles. The maximum atomic E-state index is 12.8. The van der Waals surface area contributed by atoms with Crippen LogP contribution in [0.1, 0.15) is 33.3 Å². The van der Waals surface area contributed by atoms with Crippen LogP contribution in [0.3, 0.4) is 0 Å². The maximum Gasteiger partial charge on any atom is 0.415 e. The minimum absolute atomic E-state index is 0.00723. The molecule has 2 N–H and O–H groups in total. The first-order valence-electron chi connectivity index (χ1n) is 10.4. The second-order valence-electron chi connectivity index (χ2n) is 8.82. The fourth-order valence-corrected chi connectivity index (χ4v) is 4.05. The van der Waals surface area contributed by atoms with Gasteiger partial charge in [-0.3, -0.25) is 15.0 Å². The average Bonchev–Trinajstić information content (AvgIpc) is 2.70. The maximum absolute atomic E-state index is 12.8. The highest BCUT2D eigenvalue weighted by Crippen LogP contribution is 2.38. The first-order chi connectivity index (χ1) is 15.3. The van der Waals surface area contributed by atoms with Crippen LogP contribution in [-0.2, 0) is 11.3 Å². The van der Waals surface area contributed by atoms with E-state index in [4.69, 9.17) is 14.9 Å². The van der Waals surface area contributed by atoms with Crippen LogP contribution in [-0.4, -0.2) is 42.2 Å². The zero-order valence-electron chi connectivity index (χ0n) is 20.0. The van der Waals surface area contributed by atoms with E-state index >= 15 is 0 Å². The van der Waals surface area contributed by atoms with Gasteiger partial charge in [0.25, 0.3) is 0 Å². The van der Waals surface area contributed by atoms with Crippen molar-refractivity contribution in [3.8, 4) is 5.75 Å². The van der Waals surface area contributed by atoms with E-state index in [1.807, 2.05) is 18.2 Å². The number of nitrogens with zero attached hydrogens (tertiary/aromatic N) is 4. The lowest BCUT2D eigenvalue weighted by Gasteiger charge is -2.36. The van der Waals surface area contributed by atoms with Gasteiger partial charge in [-0.05, 0) is 49.0 Å². The van der Waals surface area contributed by atoms with Gasteiger partial charge in [0.15, 0.2) is 5.16 Å². The van der Waals surface area contributed by atoms with Crippen LogP contribution in [0.15, 0.2) is 29.4 Å². The number of rotatable bonds is 8. The summed E-state index contributed by atoms with van der Waals surface area (Å²) < 4.78 is 11.5. The molecule has 1 amide bonds. The number of carbonyl (C=O) groups excluding carboxylic acids is 1. The quantitative estimate of drug-likeness (QED) is 0.172. The zero-order chi connectivity index (χ0) is 25.0. The lowest BCUT2D eigenvalue weighted by Crippen LogP contribution is -2.43. The monoisotopic (exact) mass is 493 g/mol. The number of hydrogen-bond donors (Lipinski definition) is 1. The number of nitrogens with two attached hydrogens (primary N) is 1. The van der Waals surface area contributed by atoms with Crippen molar-refractivity contribution in [3.05, 3.63) is 39.9 Å². The zero-order valence-corrected chi connectivity index (χ0v) is 21.9. The van der Waals surface area contributed by atoms with Crippen molar-refractivity contribution in [2.45, 2.75) is 57.5 Å². The lowest BCUT2D eigenvalue weighted by atomic mass is 10.2. The van der Waals surface area contributed by atoms with Gasteiger partial charge in [0.2, 0.25) is 20.0 Å². The van der Waals surface area contributed by atoms with Gasteiger partial charge in [-0.1, -0.05) is 44.7 Å². The van der Waals surface area contributed by atoms with Crippen molar-refractivity contribution >= 4 is 43.5 Å². The highest BCUT2D eigenvalue weighted by Gasteiger charge is 2.39. The second-order valence-corrected chi connectivity index (χ2v) is 14.3. The first-order valence-corrected chi connectivity index (χ1v) is 14.5. The Hall–Kier alpha value is -2.86. The molecule has 12 heteroatoms. The van der Waals surface area contributed by atoms with Gasteiger partial charge in [0.1, 0.15) is 5.75 Å². The Morgan fingerprint density at radius 3 is 2.52 bits per heavy atom. The van der Waals surface area contributed by atoms with Crippen LogP contribution in [0.25, 0.3) is 0 Å². The number of hydrogen-bond acceptors (Lipinski definition) is 9. The highest BCUT2D eigenvalue weighted by molar-refractivity contribution is 7.98. The molecule has 0 aliphatic carbocycles. The van der Waals surface area contributed by atoms with Crippen LogP contribution in [0.2, 0.25) is 18.1 Å². The van der Waals surface area contributed by atoms with Crippen LogP contribution in [0.5, 0.6) is 5.75 Å². The van der Waals surface area contributed by atoms with Crippen molar-refractivity contribution in [1.29, 1.82) is 0 Å². The molecule has 180 valence electrons. The molecule has 1 aromatic carbocycles. The summed E-state index contributed by atoms with van der Waals surface area (Å²) in [4.78, 5) is 33.1. The highest BCUT2D eigenvalue weighted by atomic mass is 32.2. The summed E-state index contributed by atoms with van der Waals surface area (Å²) in [7, 11) is -2.09. The third-order valence-corrected chi connectivity index (χ3v) is 10.3. The van der Waals surface area contributed by atoms with Crippen molar-refractivity contribution in [3.63, 3.8) is 0 Å². The Labute approximate surface area is 199 Å². The third-order valence-electron chi connectivity index (χ3n) is 5.40. The van der Waals surface area contributed by atoms with Gasteiger partial charge in [-0.15, -0.1) is 0 Å². The fourth-order valence-electron chi connectivity index (χ4n) is 2.66. The number of carbonyl (C=O) groups is 1.